The van der Waals surface area contributed by atoms with E-state index >= 15 is 0 Å². The average molecular weight is 443 g/mol. The molecule has 7 nitrogen and oxygen atoms in total. The second-order valence-corrected chi connectivity index (χ2v) is 6.56. The van der Waals surface area contributed by atoms with E-state index in [9.17, 15) is 14.4 Å². The Morgan fingerprint density at radius 1 is 0.806 bits per heavy atom. The van der Waals surface area contributed by atoms with Gasteiger partial charge < -0.3 is 20.1 Å². The highest BCUT2D eigenvalue weighted by atomic mass is 35.5. The lowest BCUT2D eigenvalue weighted by atomic mass is 10.0. The number of carbonyl (C=O) groups excluding carboxylic acids is 1. The van der Waals surface area contributed by atoms with Crippen molar-refractivity contribution in [2.45, 2.75) is 6.42 Å². The molecule has 0 aliphatic heterocycles. The van der Waals surface area contributed by atoms with Gasteiger partial charge in [0.1, 0.15) is 17.1 Å². The van der Waals surface area contributed by atoms with Crippen LogP contribution in [0.3, 0.4) is 0 Å². The van der Waals surface area contributed by atoms with Crippen LogP contribution in [-0.4, -0.2) is 39.6 Å². The first-order valence-corrected chi connectivity index (χ1v) is 9.42. The number of ether oxygens (including phenoxy) is 1. The molecule has 0 saturated carbocycles. The summed E-state index contributed by atoms with van der Waals surface area (Å²) in [6, 6.07) is 19.9. The second-order valence-electron chi connectivity index (χ2n) is 6.15. The molecular weight excluding hydrogens is 424 g/mol. The molecule has 0 atom stereocenters. The fourth-order valence-electron chi connectivity index (χ4n) is 2.40. The summed E-state index contributed by atoms with van der Waals surface area (Å²) in [4.78, 5) is 32.9. The highest BCUT2D eigenvalue weighted by Gasteiger charge is 2.11. The van der Waals surface area contributed by atoms with E-state index in [1.165, 1.54) is 18.2 Å². The summed E-state index contributed by atoms with van der Waals surface area (Å²) in [7, 11) is 0. The van der Waals surface area contributed by atoms with E-state index in [4.69, 9.17) is 31.7 Å². The van der Waals surface area contributed by atoms with Crippen molar-refractivity contribution in [1.82, 2.24) is 0 Å². The molecule has 0 saturated heterocycles. The van der Waals surface area contributed by atoms with E-state index < -0.39 is 11.9 Å². The SMILES string of the molecule is O=C(O)CCOc1ccc(C(=O)c2ccccc2)cc1.O=C(O)c1cccc(Cl)c1O. The van der Waals surface area contributed by atoms with Crippen LogP contribution in [0.1, 0.15) is 32.7 Å². The molecule has 3 rings (SSSR count). The lowest BCUT2D eigenvalue weighted by molar-refractivity contribution is -0.137. The number of aliphatic carboxylic acids is 1. The van der Waals surface area contributed by atoms with E-state index in [0.29, 0.717) is 16.9 Å². The zero-order valence-electron chi connectivity index (χ0n) is 16.2. The number of hydrogen-bond acceptors (Lipinski definition) is 5. The standard InChI is InChI=1S/C16H14O4.C7H5ClO3/c17-15(18)10-11-20-14-8-6-13(7-9-14)16(19)12-4-2-1-3-5-12;8-5-3-1-2-4(6(5)9)7(10)11/h1-9H,10-11H2,(H,17,18);1-3,9H,(H,10,11). The summed E-state index contributed by atoms with van der Waals surface area (Å²) >= 11 is 5.44. The van der Waals surface area contributed by atoms with Crippen LogP contribution >= 0.6 is 11.6 Å². The van der Waals surface area contributed by atoms with Crippen molar-refractivity contribution in [2.24, 2.45) is 0 Å². The fraction of sp³-hybridized carbons (Fsp3) is 0.0870. The Hall–Kier alpha value is -3.84. The lowest BCUT2D eigenvalue weighted by Crippen LogP contribution is -2.05. The smallest absolute Gasteiger partial charge is 0.339 e. The van der Waals surface area contributed by atoms with Crippen molar-refractivity contribution >= 4 is 29.3 Å². The number of ketones is 1. The third-order valence-electron chi connectivity index (χ3n) is 3.95. The molecule has 160 valence electrons. The van der Waals surface area contributed by atoms with Crippen LogP contribution in [0.15, 0.2) is 72.8 Å². The number of rotatable bonds is 7. The molecule has 3 aromatic carbocycles. The minimum atomic E-state index is -1.19. The van der Waals surface area contributed by atoms with Crippen LogP contribution in [0.2, 0.25) is 5.02 Å². The highest BCUT2D eigenvalue weighted by molar-refractivity contribution is 6.32. The molecule has 31 heavy (non-hydrogen) atoms. The molecule has 3 aromatic rings. The predicted molar refractivity (Wildman–Crippen MR) is 114 cm³/mol. The quantitative estimate of drug-likeness (QED) is 0.460. The molecule has 0 amide bonds. The summed E-state index contributed by atoms with van der Waals surface area (Å²) in [5.41, 5.74) is 1.02. The Labute approximate surface area is 183 Å². The summed E-state index contributed by atoms with van der Waals surface area (Å²) in [5, 5.41) is 26.1. The molecule has 0 aliphatic carbocycles. The zero-order valence-corrected chi connectivity index (χ0v) is 17.0. The van der Waals surface area contributed by atoms with Crippen LogP contribution in [0.25, 0.3) is 0 Å². The van der Waals surface area contributed by atoms with E-state index in [2.05, 4.69) is 0 Å². The monoisotopic (exact) mass is 442 g/mol. The minimum absolute atomic E-state index is 0.0462. The molecule has 3 N–H and O–H groups in total. The Bertz CT molecular complexity index is 1050. The Balaban J connectivity index is 0.000000262. The van der Waals surface area contributed by atoms with Crippen molar-refractivity contribution in [3.8, 4) is 11.5 Å². The third-order valence-corrected chi connectivity index (χ3v) is 4.26. The van der Waals surface area contributed by atoms with Crippen molar-refractivity contribution in [3.05, 3.63) is 94.5 Å². The summed E-state index contributed by atoms with van der Waals surface area (Å²) in [6.45, 7) is 0.112. The minimum Gasteiger partial charge on any atom is -0.505 e. The molecule has 0 bridgehead atoms. The number of aromatic hydroxyl groups is 1. The maximum absolute atomic E-state index is 12.1. The topological polar surface area (TPSA) is 121 Å². The first kappa shape index (κ1) is 23.4. The van der Waals surface area contributed by atoms with Gasteiger partial charge in [-0.25, -0.2) is 4.79 Å². The Morgan fingerprint density at radius 2 is 1.42 bits per heavy atom. The van der Waals surface area contributed by atoms with Gasteiger partial charge >= 0.3 is 11.9 Å². The van der Waals surface area contributed by atoms with Gasteiger partial charge in [-0.2, -0.15) is 0 Å². The van der Waals surface area contributed by atoms with E-state index in [0.717, 1.165) is 0 Å². The van der Waals surface area contributed by atoms with Crippen LogP contribution < -0.4 is 4.74 Å². The summed E-state index contributed by atoms with van der Waals surface area (Å²) in [6.07, 6.45) is -0.0509. The number of phenols is 1. The zero-order chi connectivity index (χ0) is 22.8. The molecule has 0 fully saturated rings. The van der Waals surface area contributed by atoms with Crippen molar-refractivity contribution < 1.29 is 34.4 Å². The van der Waals surface area contributed by atoms with Gasteiger partial charge in [-0.1, -0.05) is 48.0 Å². The maximum Gasteiger partial charge on any atom is 0.339 e. The average Bonchev–Trinajstić information content (AvgIpc) is 2.76. The molecule has 8 heteroatoms. The van der Waals surface area contributed by atoms with Gasteiger partial charge in [-0.15, -0.1) is 0 Å². The van der Waals surface area contributed by atoms with Gasteiger partial charge in [-0.3, -0.25) is 9.59 Å². The number of benzene rings is 3. The molecule has 0 aliphatic rings. The van der Waals surface area contributed by atoms with Gasteiger partial charge in [-0.05, 0) is 36.4 Å². The summed E-state index contributed by atoms with van der Waals surface area (Å²) < 4.78 is 5.27. The van der Waals surface area contributed by atoms with E-state index in [1.807, 2.05) is 18.2 Å². The molecule has 0 heterocycles. The fourth-order valence-corrected chi connectivity index (χ4v) is 2.58. The molecule has 0 spiro atoms. The van der Waals surface area contributed by atoms with Gasteiger partial charge in [0, 0.05) is 11.1 Å². The second kappa shape index (κ2) is 11.4. The summed E-state index contributed by atoms with van der Waals surface area (Å²) in [5.74, 6) is -1.98. The van der Waals surface area contributed by atoms with E-state index in [-0.39, 0.29) is 35.1 Å². The molecule has 0 unspecified atom stereocenters. The van der Waals surface area contributed by atoms with Crippen molar-refractivity contribution in [3.63, 3.8) is 0 Å². The number of carbonyl (C=O) groups is 3. The normalized spacial score (nSPS) is 9.84. The van der Waals surface area contributed by atoms with Crippen LogP contribution in [-0.2, 0) is 4.79 Å². The number of hydrogen-bond donors (Lipinski definition) is 3. The molecular formula is C23H19ClO7. The Kier molecular flexibility index (Phi) is 8.60. The molecule has 0 radical (unpaired) electrons. The van der Waals surface area contributed by atoms with Crippen LogP contribution in [0.4, 0.5) is 0 Å². The first-order valence-electron chi connectivity index (χ1n) is 9.04. The van der Waals surface area contributed by atoms with Crippen LogP contribution in [0.5, 0.6) is 11.5 Å². The van der Waals surface area contributed by atoms with Gasteiger partial charge in [0.15, 0.2) is 5.78 Å². The largest absolute Gasteiger partial charge is 0.505 e. The van der Waals surface area contributed by atoms with E-state index in [1.54, 1.807) is 36.4 Å². The number of carboxylic acid groups (broad SMARTS) is 2. The van der Waals surface area contributed by atoms with Gasteiger partial charge in [0.2, 0.25) is 0 Å². The third kappa shape index (κ3) is 7.17. The number of carboxylic acids is 2. The first-order chi connectivity index (χ1) is 14.8. The highest BCUT2D eigenvalue weighted by Crippen LogP contribution is 2.26. The number of aromatic carboxylic acids is 1. The van der Waals surface area contributed by atoms with Crippen LogP contribution in [0, 0.1) is 0 Å². The number of halogens is 1. The van der Waals surface area contributed by atoms with Gasteiger partial charge in [0.25, 0.3) is 0 Å². The lowest BCUT2D eigenvalue weighted by Gasteiger charge is -2.05. The number of para-hydroxylation sites is 1. The predicted octanol–water partition coefficient (Wildman–Crippen LogP) is 4.51. The van der Waals surface area contributed by atoms with Crippen molar-refractivity contribution in [1.29, 1.82) is 0 Å². The van der Waals surface area contributed by atoms with Crippen molar-refractivity contribution in [2.75, 3.05) is 6.61 Å². The Morgan fingerprint density at radius 3 is 1.97 bits per heavy atom. The maximum atomic E-state index is 12.1. The molecule has 0 aromatic heterocycles. The van der Waals surface area contributed by atoms with Gasteiger partial charge in [0.05, 0.1) is 18.1 Å².